The average Bonchev–Trinajstić information content (AvgIpc) is 3.04. The molecule has 0 radical (unpaired) electrons. The number of aromatic nitrogens is 2. The van der Waals surface area contributed by atoms with Gasteiger partial charge < -0.3 is 26.9 Å². The Morgan fingerprint density at radius 1 is 1.33 bits per heavy atom. The van der Waals surface area contributed by atoms with Crippen LogP contribution in [0.4, 0.5) is 17.2 Å². The zero-order valence-corrected chi connectivity index (χ0v) is 15.8. The first-order valence-electron chi connectivity index (χ1n) is 8.27. The smallest absolute Gasteiger partial charge is 0.155 e. The number of hydrogen-bond donors (Lipinski definition) is 4. The number of nitrogen functional groups attached to an aromatic ring is 1. The topological polar surface area (TPSA) is 115 Å². The van der Waals surface area contributed by atoms with Gasteiger partial charge in [-0.3, -0.25) is 0 Å². The lowest BCUT2D eigenvalue weighted by molar-refractivity contribution is 0.409. The molecule has 0 saturated heterocycles. The van der Waals surface area contributed by atoms with Gasteiger partial charge in [-0.2, -0.15) is 0 Å². The number of rotatable bonds is 6. The van der Waals surface area contributed by atoms with Crippen LogP contribution in [-0.4, -0.2) is 23.1 Å². The third kappa shape index (κ3) is 3.60. The van der Waals surface area contributed by atoms with Crippen LogP contribution in [-0.2, 0) is 6.54 Å². The Hall–Kier alpha value is -3.03. The lowest BCUT2D eigenvalue weighted by Gasteiger charge is -2.11. The summed E-state index contributed by atoms with van der Waals surface area (Å²) in [5.74, 6) is 1.37. The van der Waals surface area contributed by atoms with Crippen LogP contribution >= 0.6 is 11.6 Å². The van der Waals surface area contributed by atoms with E-state index in [1.807, 2.05) is 31.3 Å². The number of hydrogen-bond acceptors (Lipinski definition) is 6. The third-order valence-electron chi connectivity index (χ3n) is 4.26. The SMILES string of the molecule is COc1cc(-n2cc(C)c(Nc3ccc(N)c(C=N)c3Cl)n2)ccc1CN. The second kappa shape index (κ2) is 7.69. The molecule has 1 heterocycles. The normalized spacial score (nSPS) is 10.7. The molecule has 0 bridgehead atoms. The minimum Gasteiger partial charge on any atom is -0.496 e. The molecular weight excluding hydrogens is 364 g/mol. The van der Waals surface area contributed by atoms with Gasteiger partial charge in [0.25, 0.3) is 0 Å². The van der Waals surface area contributed by atoms with Crippen LogP contribution < -0.4 is 21.5 Å². The van der Waals surface area contributed by atoms with Crippen molar-refractivity contribution in [1.29, 1.82) is 5.41 Å². The molecule has 0 aliphatic heterocycles. The van der Waals surface area contributed by atoms with Gasteiger partial charge in [0, 0.05) is 47.4 Å². The van der Waals surface area contributed by atoms with E-state index in [-0.39, 0.29) is 0 Å². The Morgan fingerprint density at radius 3 is 2.78 bits per heavy atom. The van der Waals surface area contributed by atoms with Gasteiger partial charge in [-0.25, -0.2) is 4.68 Å². The van der Waals surface area contributed by atoms with Crippen molar-refractivity contribution < 1.29 is 4.74 Å². The summed E-state index contributed by atoms with van der Waals surface area (Å²) in [6.45, 7) is 2.35. The van der Waals surface area contributed by atoms with E-state index in [0.29, 0.717) is 34.3 Å². The second-order valence-electron chi connectivity index (χ2n) is 6.00. The summed E-state index contributed by atoms with van der Waals surface area (Å²) < 4.78 is 7.15. The van der Waals surface area contributed by atoms with Crippen LogP contribution in [0.15, 0.2) is 36.5 Å². The van der Waals surface area contributed by atoms with Crippen molar-refractivity contribution >= 4 is 35.0 Å². The van der Waals surface area contributed by atoms with Gasteiger partial charge in [0.1, 0.15) is 5.75 Å². The van der Waals surface area contributed by atoms with Gasteiger partial charge in [-0.1, -0.05) is 17.7 Å². The summed E-state index contributed by atoms with van der Waals surface area (Å²) in [7, 11) is 1.61. The van der Waals surface area contributed by atoms with E-state index in [2.05, 4.69) is 10.4 Å². The molecular formula is C19H21ClN6O. The molecule has 0 unspecified atom stereocenters. The maximum atomic E-state index is 7.47. The highest BCUT2D eigenvalue weighted by molar-refractivity contribution is 6.36. The summed E-state index contributed by atoms with van der Waals surface area (Å²) in [6, 6.07) is 9.22. The predicted octanol–water partition coefficient (Wildman–Crippen LogP) is 3.62. The Bertz CT molecular complexity index is 998. The van der Waals surface area contributed by atoms with Crippen molar-refractivity contribution in [2.75, 3.05) is 18.2 Å². The molecule has 0 aliphatic rings. The maximum Gasteiger partial charge on any atom is 0.155 e. The number of aryl methyl sites for hydroxylation is 1. The van der Waals surface area contributed by atoms with E-state index in [4.69, 9.17) is 33.2 Å². The number of benzene rings is 2. The zero-order valence-electron chi connectivity index (χ0n) is 15.1. The molecule has 3 rings (SSSR count). The number of nitrogens with zero attached hydrogens (tertiary/aromatic N) is 2. The van der Waals surface area contributed by atoms with Crippen LogP contribution in [0.2, 0.25) is 5.02 Å². The summed E-state index contributed by atoms with van der Waals surface area (Å²) in [6.07, 6.45) is 3.04. The fourth-order valence-electron chi connectivity index (χ4n) is 2.74. The average molecular weight is 385 g/mol. The highest BCUT2D eigenvalue weighted by atomic mass is 35.5. The Kier molecular flexibility index (Phi) is 5.34. The van der Waals surface area contributed by atoms with E-state index in [9.17, 15) is 0 Å². The van der Waals surface area contributed by atoms with E-state index >= 15 is 0 Å². The fourth-order valence-corrected chi connectivity index (χ4v) is 3.01. The van der Waals surface area contributed by atoms with Gasteiger partial charge in [-0.15, -0.1) is 5.10 Å². The van der Waals surface area contributed by atoms with Crippen LogP contribution in [0.5, 0.6) is 5.75 Å². The van der Waals surface area contributed by atoms with Gasteiger partial charge in [0.2, 0.25) is 0 Å². The number of halogens is 1. The largest absolute Gasteiger partial charge is 0.496 e. The van der Waals surface area contributed by atoms with E-state index in [1.165, 1.54) is 0 Å². The molecule has 0 aliphatic carbocycles. The van der Waals surface area contributed by atoms with Gasteiger partial charge >= 0.3 is 0 Å². The maximum absolute atomic E-state index is 7.47. The van der Waals surface area contributed by atoms with Crippen molar-refractivity contribution in [3.63, 3.8) is 0 Å². The highest BCUT2D eigenvalue weighted by Crippen LogP contribution is 2.32. The molecule has 7 nitrogen and oxygen atoms in total. The van der Waals surface area contributed by atoms with Crippen molar-refractivity contribution in [2.45, 2.75) is 13.5 Å². The first kappa shape index (κ1) is 18.8. The number of anilines is 3. The van der Waals surface area contributed by atoms with Crippen molar-refractivity contribution in [3.8, 4) is 11.4 Å². The molecule has 140 valence electrons. The molecule has 1 aromatic heterocycles. The molecule has 0 fully saturated rings. The highest BCUT2D eigenvalue weighted by Gasteiger charge is 2.13. The van der Waals surface area contributed by atoms with Crippen LogP contribution in [0.3, 0.4) is 0 Å². The minimum absolute atomic E-state index is 0.382. The van der Waals surface area contributed by atoms with Crippen LogP contribution in [0, 0.1) is 12.3 Å². The summed E-state index contributed by atoms with van der Waals surface area (Å²) in [5, 5.41) is 15.7. The fraction of sp³-hybridized carbons (Fsp3) is 0.158. The molecule has 0 spiro atoms. The van der Waals surface area contributed by atoms with Crippen LogP contribution in [0.25, 0.3) is 5.69 Å². The van der Waals surface area contributed by atoms with E-state index in [0.717, 1.165) is 28.8 Å². The molecule has 0 atom stereocenters. The molecule has 8 heteroatoms. The molecule has 6 N–H and O–H groups in total. The van der Waals surface area contributed by atoms with Crippen molar-refractivity contribution in [2.24, 2.45) is 5.73 Å². The Balaban J connectivity index is 1.95. The van der Waals surface area contributed by atoms with Crippen molar-refractivity contribution in [1.82, 2.24) is 9.78 Å². The van der Waals surface area contributed by atoms with E-state index in [1.54, 1.807) is 23.9 Å². The summed E-state index contributed by atoms with van der Waals surface area (Å²) in [5.41, 5.74) is 15.8. The monoisotopic (exact) mass is 384 g/mol. The van der Waals surface area contributed by atoms with Gasteiger partial charge in [0.05, 0.1) is 23.5 Å². The van der Waals surface area contributed by atoms with E-state index < -0.39 is 0 Å². The zero-order chi connectivity index (χ0) is 19.6. The molecule has 0 saturated carbocycles. The number of nitrogens with two attached hydrogens (primary N) is 2. The molecule has 3 aromatic rings. The molecule has 0 amide bonds. The standard InChI is InChI=1S/C19H21ClN6O/c1-11-10-26(13-4-3-12(8-21)17(7-13)27-2)25-19(11)24-16-6-5-15(23)14(9-22)18(16)20/h3-7,9-10,22H,8,21,23H2,1-2H3,(H,24,25). The number of methoxy groups -OCH3 is 1. The number of ether oxygens (including phenoxy) is 1. The predicted molar refractivity (Wildman–Crippen MR) is 110 cm³/mol. The first-order valence-corrected chi connectivity index (χ1v) is 8.65. The van der Waals surface area contributed by atoms with Gasteiger partial charge in [-0.05, 0) is 25.1 Å². The molecule has 27 heavy (non-hydrogen) atoms. The Labute approximate surface area is 162 Å². The quantitative estimate of drug-likeness (QED) is 0.382. The third-order valence-corrected chi connectivity index (χ3v) is 4.67. The lowest BCUT2D eigenvalue weighted by atomic mass is 10.1. The summed E-state index contributed by atoms with van der Waals surface area (Å²) >= 11 is 6.36. The second-order valence-corrected chi connectivity index (χ2v) is 6.38. The van der Waals surface area contributed by atoms with Crippen molar-refractivity contribution in [3.05, 3.63) is 58.2 Å². The minimum atomic E-state index is 0.382. The summed E-state index contributed by atoms with van der Waals surface area (Å²) in [4.78, 5) is 0. The van der Waals surface area contributed by atoms with Crippen LogP contribution in [0.1, 0.15) is 16.7 Å². The Morgan fingerprint density at radius 2 is 2.11 bits per heavy atom. The lowest BCUT2D eigenvalue weighted by Crippen LogP contribution is -2.03. The first-order chi connectivity index (χ1) is 13.0. The molecule has 2 aromatic carbocycles. The van der Waals surface area contributed by atoms with Gasteiger partial charge in [0.15, 0.2) is 5.82 Å². The number of nitrogens with one attached hydrogen (secondary N) is 2.